The lowest BCUT2D eigenvalue weighted by Crippen LogP contribution is -2.40. The van der Waals surface area contributed by atoms with E-state index >= 15 is 0 Å². The molecule has 1 aromatic carbocycles. The summed E-state index contributed by atoms with van der Waals surface area (Å²) in [7, 11) is -3.15. The van der Waals surface area contributed by atoms with Gasteiger partial charge in [0.1, 0.15) is 0 Å². The average Bonchev–Trinajstić information content (AvgIpc) is 3.33. The van der Waals surface area contributed by atoms with Crippen LogP contribution in [-0.4, -0.2) is 43.4 Å². The number of hydrogen-bond donors (Lipinski definition) is 0. The Labute approximate surface area is 210 Å². The number of amides is 1. The molecule has 9 heteroatoms. The quantitative estimate of drug-likeness (QED) is 0.308. The van der Waals surface area contributed by atoms with Crippen molar-refractivity contribution in [1.82, 2.24) is 4.90 Å². The number of nitrogens with zero attached hydrogens (tertiary/aromatic N) is 1. The Morgan fingerprint density at radius 3 is 2.45 bits per heavy atom. The van der Waals surface area contributed by atoms with Gasteiger partial charge in [0.05, 0.1) is 34.7 Å². The molecule has 2 heterocycles. The standard InChI is InChI=1S/C24H31Cl2NO4S2/c1-3-4-5-6-7-10-31-23-20(25)13-18(14-21(23)26)24(28)27(15-22-17(2)8-11-32-22)19-9-12-33(29,30)16-19/h8,11,13-14,19H,3-7,9-10,12,15-16H2,1-2H3. The van der Waals surface area contributed by atoms with Crippen LogP contribution in [-0.2, 0) is 16.4 Å². The molecule has 1 unspecified atom stereocenters. The van der Waals surface area contributed by atoms with E-state index in [9.17, 15) is 13.2 Å². The molecule has 1 amide bonds. The number of halogens is 2. The van der Waals surface area contributed by atoms with Crippen LogP contribution in [0.3, 0.4) is 0 Å². The lowest BCUT2D eigenvalue weighted by molar-refractivity contribution is 0.0683. The molecular formula is C24H31Cl2NO4S2. The van der Waals surface area contributed by atoms with E-state index in [-0.39, 0.29) is 33.5 Å². The molecule has 0 aliphatic carbocycles. The number of hydrogen-bond acceptors (Lipinski definition) is 5. The van der Waals surface area contributed by atoms with Gasteiger partial charge in [0.25, 0.3) is 5.91 Å². The highest BCUT2D eigenvalue weighted by atomic mass is 35.5. The maximum atomic E-state index is 13.5. The third-order valence-corrected chi connectivity index (χ3v) is 9.25. The fraction of sp³-hybridized carbons (Fsp3) is 0.542. The van der Waals surface area contributed by atoms with Gasteiger partial charge in [0, 0.05) is 16.5 Å². The van der Waals surface area contributed by atoms with E-state index in [0.29, 0.717) is 30.9 Å². The first-order valence-corrected chi connectivity index (χ1v) is 14.8. The zero-order valence-electron chi connectivity index (χ0n) is 19.1. The molecule has 3 rings (SSSR count). The Balaban J connectivity index is 1.77. The molecule has 1 aromatic heterocycles. The van der Waals surface area contributed by atoms with Gasteiger partial charge in [0.15, 0.2) is 15.6 Å². The first-order chi connectivity index (χ1) is 15.7. The van der Waals surface area contributed by atoms with Crippen molar-refractivity contribution < 1.29 is 17.9 Å². The Morgan fingerprint density at radius 1 is 1.18 bits per heavy atom. The van der Waals surface area contributed by atoms with Crippen LogP contribution in [0.5, 0.6) is 5.75 Å². The van der Waals surface area contributed by atoms with Crippen LogP contribution in [0.15, 0.2) is 23.6 Å². The zero-order valence-corrected chi connectivity index (χ0v) is 22.3. The summed E-state index contributed by atoms with van der Waals surface area (Å²) in [6.07, 6.45) is 5.99. The van der Waals surface area contributed by atoms with Crippen molar-refractivity contribution in [2.24, 2.45) is 0 Å². The van der Waals surface area contributed by atoms with Crippen LogP contribution in [0.25, 0.3) is 0 Å². The average molecular weight is 533 g/mol. The van der Waals surface area contributed by atoms with Crippen LogP contribution in [0, 0.1) is 6.92 Å². The minimum Gasteiger partial charge on any atom is -0.490 e. The SMILES string of the molecule is CCCCCCCOc1c(Cl)cc(C(=O)N(Cc2sccc2C)C2CCS(=O)(=O)C2)cc1Cl. The second-order valence-corrected chi connectivity index (χ2v) is 12.6. The van der Waals surface area contributed by atoms with Gasteiger partial charge >= 0.3 is 0 Å². The number of thiophene rings is 1. The molecule has 5 nitrogen and oxygen atoms in total. The van der Waals surface area contributed by atoms with Crippen molar-refractivity contribution in [3.63, 3.8) is 0 Å². The summed E-state index contributed by atoms with van der Waals surface area (Å²) < 4.78 is 30.0. The lowest BCUT2D eigenvalue weighted by Gasteiger charge is -2.28. The van der Waals surface area contributed by atoms with E-state index in [2.05, 4.69) is 6.92 Å². The number of rotatable bonds is 11. The molecule has 182 valence electrons. The Hall–Kier alpha value is -1.28. The smallest absolute Gasteiger partial charge is 0.254 e. The largest absolute Gasteiger partial charge is 0.490 e. The van der Waals surface area contributed by atoms with E-state index < -0.39 is 9.84 Å². The molecular weight excluding hydrogens is 501 g/mol. The van der Waals surface area contributed by atoms with Crippen LogP contribution < -0.4 is 4.74 Å². The number of benzene rings is 1. The van der Waals surface area contributed by atoms with Crippen molar-refractivity contribution in [2.45, 2.75) is 65.0 Å². The van der Waals surface area contributed by atoms with Gasteiger partial charge in [-0.2, -0.15) is 0 Å². The highest BCUT2D eigenvalue weighted by Crippen LogP contribution is 2.35. The highest BCUT2D eigenvalue weighted by Gasteiger charge is 2.35. The number of sulfone groups is 1. The first-order valence-electron chi connectivity index (χ1n) is 11.4. The summed E-state index contributed by atoms with van der Waals surface area (Å²) in [5, 5.41) is 2.54. The maximum Gasteiger partial charge on any atom is 0.254 e. The molecule has 1 aliphatic heterocycles. The molecule has 0 radical (unpaired) electrons. The summed E-state index contributed by atoms with van der Waals surface area (Å²) in [4.78, 5) is 16.2. The van der Waals surface area contributed by atoms with Gasteiger partial charge in [-0.15, -0.1) is 11.3 Å². The zero-order chi connectivity index (χ0) is 24.0. The molecule has 33 heavy (non-hydrogen) atoms. The topological polar surface area (TPSA) is 63.7 Å². The second-order valence-electron chi connectivity index (χ2n) is 8.55. The summed E-state index contributed by atoms with van der Waals surface area (Å²) >= 11 is 14.4. The first kappa shape index (κ1) is 26.3. The normalized spacial score (nSPS) is 17.3. The Kier molecular flexibility index (Phi) is 9.51. The summed E-state index contributed by atoms with van der Waals surface area (Å²) in [6, 6.07) is 4.76. The van der Waals surface area contributed by atoms with Gasteiger partial charge in [-0.05, 0) is 48.9 Å². The van der Waals surface area contributed by atoms with Crippen LogP contribution in [0.1, 0.15) is 66.2 Å². The van der Waals surface area contributed by atoms with Gasteiger partial charge < -0.3 is 9.64 Å². The van der Waals surface area contributed by atoms with E-state index in [1.807, 2.05) is 18.4 Å². The molecule has 0 saturated carbocycles. The minimum atomic E-state index is -3.15. The molecule has 1 saturated heterocycles. The lowest BCUT2D eigenvalue weighted by atomic mass is 10.1. The van der Waals surface area contributed by atoms with Crippen LogP contribution in [0.2, 0.25) is 10.0 Å². The Bertz CT molecular complexity index is 1050. The molecule has 0 N–H and O–H groups in total. The second kappa shape index (κ2) is 11.9. The molecule has 1 fully saturated rings. The number of carbonyl (C=O) groups excluding carboxylic acids is 1. The van der Waals surface area contributed by atoms with Crippen molar-refractivity contribution in [2.75, 3.05) is 18.1 Å². The van der Waals surface area contributed by atoms with Gasteiger partial charge in [-0.3, -0.25) is 4.79 Å². The molecule has 0 spiro atoms. The molecule has 1 atom stereocenters. The third kappa shape index (κ3) is 7.10. The number of carbonyl (C=O) groups is 1. The van der Waals surface area contributed by atoms with Gasteiger partial charge in [-0.1, -0.05) is 55.8 Å². The molecule has 2 aromatic rings. The van der Waals surface area contributed by atoms with Crippen molar-refractivity contribution >= 4 is 50.3 Å². The third-order valence-electron chi connectivity index (χ3n) is 5.93. The van der Waals surface area contributed by atoms with Crippen LogP contribution in [0.4, 0.5) is 0 Å². The fourth-order valence-corrected chi connectivity index (χ4v) is 7.21. The van der Waals surface area contributed by atoms with Gasteiger partial charge in [-0.25, -0.2) is 8.42 Å². The number of unbranched alkanes of at least 4 members (excludes halogenated alkanes) is 4. The van der Waals surface area contributed by atoms with E-state index in [4.69, 9.17) is 27.9 Å². The highest BCUT2D eigenvalue weighted by molar-refractivity contribution is 7.91. The Morgan fingerprint density at radius 2 is 1.88 bits per heavy atom. The molecule has 0 bridgehead atoms. The minimum absolute atomic E-state index is 0.0240. The van der Waals surface area contributed by atoms with E-state index in [0.717, 1.165) is 23.3 Å². The van der Waals surface area contributed by atoms with Crippen molar-refractivity contribution in [3.05, 3.63) is 49.6 Å². The monoisotopic (exact) mass is 531 g/mol. The molecule has 1 aliphatic rings. The van der Waals surface area contributed by atoms with Crippen molar-refractivity contribution in [1.29, 1.82) is 0 Å². The van der Waals surface area contributed by atoms with Crippen molar-refractivity contribution in [3.8, 4) is 5.75 Å². The van der Waals surface area contributed by atoms with Gasteiger partial charge in [0.2, 0.25) is 0 Å². The number of ether oxygens (including phenoxy) is 1. The maximum absolute atomic E-state index is 13.5. The van der Waals surface area contributed by atoms with E-state index in [1.165, 1.54) is 19.3 Å². The predicted octanol–water partition coefficient (Wildman–Crippen LogP) is 6.54. The van der Waals surface area contributed by atoms with E-state index in [1.54, 1.807) is 28.4 Å². The fourth-order valence-electron chi connectivity index (χ4n) is 3.98. The predicted molar refractivity (Wildman–Crippen MR) is 137 cm³/mol. The van der Waals surface area contributed by atoms with Crippen LogP contribution >= 0.6 is 34.5 Å². The summed E-state index contributed by atoms with van der Waals surface area (Å²) in [6.45, 7) is 5.03. The number of aryl methyl sites for hydroxylation is 1. The summed E-state index contributed by atoms with van der Waals surface area (Å²) in [5.41, 5.74) is 1.41. The summed E-state index contributed by atoms with van der Waals surface area (Å²) in [5.74, 6) is 0.177.